The minimum Gasteiger partial charge on any atom is -0.462 e. The minimum atomic E-state index is -1.69. The van der Waals surface area contributed by atoms with Crippen molar-refractivity contribution in [3.63, 3.8) is 0 Å². The van der Waals surface area contributed by atoms with Gasteiger partial charge in [0.2, 0.25) is 0 Å². The van der Waals surface area contributed by atoms with E-state index in [1.165, 1.54) is 88.2 Å². The third-order valence-corrected chi connectivity index (χ3v) is 21.9. The van der Waals surface area contributed by atoms with Crippen LogP contribution in [0.15, 0.2) is 72.3 Å². The van der Waals surface area contributed by atoms with Crippen molar-refractivity contribution in [1.29, 1.82) is 0 Å². The topological polar surface area (TPSA) is 113 Å². The Hall–Kier alpha value is -3.44. The molecular formula is C63H86O7. The molecule has 0 aromatic heterocycles. The molecule has 2 bridgehead atoms. The zero-order valence-corrected chi connectivity index (χ0v) is 43.2. The molecule has 0 unspecified atom stereocenters. The van der Waals surface area contributed by atoms with Crippen molar-refractivity contribution in [3.8, 4) is 11.8 Å². The number of aryl methyl sites for hydroxylation is 2. The van der Waals surface area contributed by atoms with Crippen molar-refractivity contribution in [2.45, 2.75) is 218 Å². The summed E-state index contributed by atoms with van der Waals surface area (Å²) in [6, 6.07) is 21.8. The quantitative estimate of drug-likeness (QED) is 0.120. The third-order valence-electron chi connectivity index (χ3n) is 21.9. The molecule has 8 aliphatic rings. The number of esters is 2. The molecule has 2 aliphatic heterocycles. The van der Waals surface area contributed by atoms with Gasteiger partial charge < -0.3 is 24.8 Å². The lowest BCUT2D eigenvalue weighted by molar-refractivity contribution is -0.339. The molecule has 70 heavy (non-hydrogen) atoms. The van der Waals surface area contributed by atoms with Crippen LogP contribution in [0.4, 0.5) is 0 Å². The molecule has 7 heteroatoms. The number of carbonyl (C=O) groups excluding carboxylic acids is 2. The average molecular weight is 955 g/mol. The van der Waals surface area contributed by atoms with Gasteiger partial charge in [-0.05, 0) is 198 Å². The summed E-state index contributed by atoms with van der Waals surface area (Å²) in [6.07, 6.45) is 25.1. The summed E-state index contributed by atoms with van der Waals surface area (Å²) in [7, 11) is 0. The van der Waals surface area contributed by atoms with Gasteiger partial charge in [0.1, 0.15) is 12.7 Å². The van der Waals surface area contributed by atoms with Crippen LogP contribution < -0.4 is 0 Å². The number of benzene rings is 2. The van der Waals surface area contributed by atoms with E-state index in [9.17, 15) is 24.9 Å². The van der Waals surface area contributed by atoms with Gasteiger partial charge in [-0.15, -0.1) is 5.92 Å². The van der Waals surface area contributed by atoms with Gasteiger partial charge in [-0.1, -0.05) is 99.7 Å². The number of cyclic esters (lactones) is 1. The van der Waals surface area contributed by atoms with E-state index in [4.69, 9.17) is 9.47 Å². The van der Waals surface area contributed by atoms with Crippen molar-refractivity contribution < 1.29 is 34.4 Å². The molecule has 2 aromatic rings. The van der Waals surface area contributed by atoms with Crippen LogP contribution in [0.5, 0.6) is 0 Å². The summed E-state index contributed by atoms with van der Waals surface area (Å²) in [4.78, 5) is 26.4. The summed E-state index contributed by atoms with van der Waals surface area (Å²) in [6.45, 7) is 6.85. The monoisotopic (exact) mass is 955 g/mol. The number of ether oxygens (including phenoxy) is 2. The number of carbonyl (C=O) groups is 2. The molecular weight excluding hydrogens is 869 g/mol. The van der Waals surface area contributed by atoms with Gasteiger partial charge >= 0.3 is 11.9 Å². The predicted molar refractivity (Wildman–Crippen MR) is 275 cm³/mol. The number of aliphatic hydroxyl groups excluding tert-OH is 2. The number of hydrogen-bond donors (Lipinski definition) is 3. The van der Waals surface area contributed by atoms with Crippen LogP contribution in [0.3, 0.4) is 0 Å². The van der Waals surface area contributed by atoms with E-state index in [1.807, 2.05) is 6.92 Å². The van der Waals surface area contributed by atoms with Crippen LogP contribution in [0.25, 0.3) is 0 Å². The Morgan fingerprint density at radius 2 is 1.49 bits per heavy atom. The Labute approximate surface area is 420 Å². The first-order valence-corrected chi connectivity index (χ1v) is 28.4. The molecule has 11 atom stereocenters. The maximum atomic E-state index is 14.3. The van der Waals surface area contributed by atoms with Crippen molar-refractivity contribution in [2.75, 3.05) is 6.61 Å². The standard InChI is InChI=1S/C63H86O7/c1-45(15-14-20-46-16-6-4-7-17-46)22-25-52(64)63-53(65)29-33-58(3,56(63)51-41-57(2,30-11-10-21-54(66)70-51)62(63,68)36-26-48-39-55(67)69-42-48)49-27-34-60(35-28-49)40-50(24-23-47-18-8-5-9-19-47)61(44-60)38-37-59(43-61)31-12-13-32-59/h4-9,16-19,39,45,49-53,56,64-65,68H,10,12-15,20-29,31-38,40-44H2,1-3H3/t45-,49?,50+,51-,52+,53+,56+,57+,58+,60?,61+,62-,63+/m1/s1. The molecule has 3 spiro atoms. The van der Waals surface area contributed by atoms with E-state index in [0.29, 0.717) is 54.3 Å². The van der Waals surface area contributed by atoms with E-state index < -0.39 is 46.1 Å². The van der Waals surface area contributed by atoms with Gasteiger partial charge in [0.25, 0.3) is 0 Å². The Morgan fingerprint density at radius 3 is 2.19 bits per heavy atom. The van der Waals surface area contributed by atoms with Crippen molar-refractivity contribution >= 4 is 11.9 Å². The van der Waals surface area contributed by atoms with E-state index in [0.717, 1.165) is 62.9 Å². The second-order valence-corrected chi connectivity index (χ2v) is 25.8. The molecule has 0 radical (unpaired) electrons. The maximum absolute atomic E-state index is 14.3. The van der Waals surface area contributed by atoms with E-state index >= 15 is 0 Å². The van der Waals surface area contributed by atoms with Crippen LogP contribution >= 0.6 is 0 Å². The smallest absolute Gasteiger partial charge is 0.331 e. The summed E-state index contributed by atoms with van der Waals surface area (Å²) in [5.74, 6) is 7.01. The summed E-state index contributed by atoms with van der Waals surface area (Å²) < 4.78 is 12.1. The second kappa shape index (κ2) is 19.8. The first-order valence-electron chi connectivity index (χ1n) is 28.4. The molecule has 6 aliphatic carbocycles. The molecule has 2 aromatic carbocycles. The summed E-state index contributed by atoms with van der Waals surface area (Å²) >= 11 is 0. The van der Waals surface area contributed by atoms with E-state index in [1.54, 1.807) is 6.08 Å². The SMILES string of the molecule is C[C@H](CCCc1ccccc1)CC[C@H](O)[C@]12[C@@H]([C@H]3C[C@](C)(C#CCCC(=O)O3)[C@]1(O)CCC1=CC(=O)OC1)[C@](C)(C1CCC3(CC1)C[C@H](CCc1ccccc1)[C@]1(CCC4(CCCC4)C1)C3)CC[C@@H]2O. The fraction of sp³-hybridized carbons (Fsp3) is 0.714. The Bertz CT molecular complexity index is 2260. The molecule has 380 valence electrons. The van der Waals surface area contributed by atoms with Crippen molar-refractivity contribution in [2.24, 2.45) is 56.2 Å². The lowest BCUT2D eigenvalue weighted by atomic mass is 9.35. The van der Waals surface area contributed by atoms with Gasteiger partial charge in [-0.3, -0.25) is 4.79 Å². The summed E-state index contributed by atoms with van der Waals surface area (Å²) in [5.41, 5.74) is 0.214. The highest BCUT2D eigenvalue weighted by atomic mass is 16.5. The number of aliphatic hydroxyl groups is 3. The zero-order chi connectivity index (χ0) is 48.8. The van der Waals surface area contributed by atoms with Gasteiger partial charge in [-0.25, -0.2) is 4.79 Å². The summed E-state index contributed by atoms with van der Waals surface area (Å²) in [5, 5.41) is 41.0. The van der Waals surface area contributed by atoms with Crippen LogP contribution in [0.1, 0.15) is 192 Å². The molecule has 6 saturated carbocycles. The van der Waals surface area contributed by atoms with Gasteiger partial charge in [0, 0.05) is 24.8 Å². The molecule has 0 saturated heterocycles. The van der Waals surface area contributed by atoms with Crippen LogP contribution in [0.2, 0.25) is 0 Å². The lowest BCUT2D eigenvalue weighted by Gasteiger charge is -2.72. The molecule has 7 nitrogen and oxygen atoms in total. The first kappa shape index (κ1) is 50.1. The van der Waals surface area contributed by atoms with Gasteiger partial charge in [0.15, 0.2) is 0 Å². The van der Waals surface area contributed by atoms with Crippen molar-refractivity contribution in [1.82, 2.24) is 0 Å². The van der Waals surface area contributed by atoms with Crippen LogP contribution in [-0.4, -0.2) is 57.8 Å². The second-order valence-electron chi connectivity index (χ2n) is 25.8. The fourth-order valence-corrected chi connectivity index (χ4v) is 18.5. The lowest BCUT2D eigenvalue weighted by Crippen LogP contribution is -2.79. The predicted octanol–water partition coefficient (Wildman–Crippen LogP) is 12.6. The Kier molecular flexibility index (Phi) is 14.2. The number of hydrogen-bond acceptors (Lipinski definition) is 7. The highest BCUT2D eigenvalue weighted by Gasteiger charge is 2.78. The number of rotatable bonds is 15. The average Bonchev–Trinajstić information content (AvgIpc) is 4.16. The van der Waals surface area contributed by atoms with E-state index in [-0.39, 0.29) is 37.3 Å². The minimum absolute atomic E-state index is 0.173. The van der Waals surface area contributed by atoms with E-state index in [2.05, 4.69) is 86.4 Å². The van der Waals surface area contributed by atoms with Crippen LogP contribution in [0, 0.1) is 68.0 Å². The first-order chi connectivity index (χ1) is 33.6. The molecule has 6 fully saturated rings. The fourth-order valence-electron chi connectivity index (χ4n) is 18.5. The van der Waals surface area contributed by atoms with Gasteiger partial charge in [0.05, 0.1) is 35.1 Å². The van der Waals surface area contributed by atoms with Crippen molar-refractivity contribution in [3.05, 3.63) is 83.4 Å². The number of fused-ring (bicyclic) bond motifs is 4. The molecule has 2 heterocycles. The maximum Gasteiger partial charge on any atom is 0.331 e. The normalized spacial score (nSPS) is 39.6. The Balaban J connectivity index is 0.976. The molecule has 10 rings (SSSR count). The van der Waals surface area contributed by atoms with Crippen LogP contribution in [-0.2, 0) is 31.9 Å². The largest absolute Gasteiger partial charge is 0.462 e. The Morgan fingerprint density at radius 1 is 0.786 bits per heavy atom. The van der Waals surface area contributed by atoms with Gasteiger partial charge in [-0.2, -0.15) is 0 Å². The molecule has 0 amide bonds. The molecule has 3 N–H and O–H groups in total. The highest BCUT2D eigenvalue weighted by molar-refractivity contribution is 5.85. The third kappa shape index (κ3) is 9.07. The zero-order valence-electron chi connectivity index (χ0n) is 43.2. The highest BCUT2D eigenvalue weighted by Crippen LogP contribution is 2.75.